The molecule has 0 aromatic carbocycles. The monoisotopic (exact) mass is 290 g/mol. The summed E-state index contributed by atoms with van der Waals surface area (Å²) < 4.78 is 1.65. The van der Waals surface area contributed by atoms with Crippen molar-refractivity contribution >= 4 is 11.8 Å². The topological polar surface area (TPSA) is 58.4 Å². The molecular formula is C15H22N4O2. The van der Waals surface area contributed by atoms with Gasteiger partial charge in [-0.2, -0.15) is 5.10 Å². The molecule has 0 spiro atoms. The zero-order valence-electron chi connectivity index (χ0n) is 12.5. The van der Waals surface area contributed by atoms with Crippen LogP contribution in [-0.2, 0) is 11.8 Å². The first-order valence-corrected chi connectivity index (χ1v) is 7.69. The Morgan fingerprint density at radius 2 is 2.24 bits per heavy atom. The highest BCUT2D eigenvalue weighted by molar-refractivity contribution is 5.93. The van der Waals surface area contributed by atoms with E-state index in [0.717, 1.165) is 45.4 Å². The maximum atomic E-state index is 12.5. The van der Waals surface area contributed by atoms with Gasteiger partial charge in [-0.15, -0.1) is 0 Å². The number of hydrogen-bond acceptors (Lipinski definition) is 3. The van der Waals surface area contributed by atoms with Crippen molar-refractivity contribution in [3.05, 3.63) is 18.0 Å². The van der Waals surface area contributed by atoms with Crippen molar-refractivity contribution < 1.29 is 9.59 Å². The predicted molar refractivity (Wildman–Crippen MR) is 77.6 cm³/mol. The van der Waals surface area contributed by atoms with Crippen molar-refractivity contribution in [1.82, 2.24) is 19.6 Å². The number of piperidine rings is 1. The van der Waals surface area contributed by atoms with Crippen LogP contribution in [0.2, 0.25) is 0 Å². The Kier molecular flexibility index (Phi) is 3.94. The van der Waals surface area contributed by atoms with Crippen molar-refractivity contribution in [3.63, 3.8) is 0 Å². The number of carbonyl (C=O) groups excluding carboxylic acids is 2. The molecule has 2 aliphatic heterocycles. The number of hydrogen-bond donors (Lipinski definition) is 0. The minimum absolute atomic E-state index is 0.0561. The average molecular weight is 290 g/mol. The van der Waals surface area contributed by atoms with E-state index >= 15 is 0 Å². The van der Waals surface area contributed by atoms with Crippen molar-refractivity contribution in [2.24, 2.45) is 13.0 Å². The van der Waals surface area contributed by atoms with Gasteiger partial charge in [0.25, 0.3) is 5.91 Å². The fourth-order valence-electron chi connectivity index (χ4n) is 3.32. The molecule has 1 atom stereocenters. The van der Waals surface area contributed by atoms with E-state index in [2.05, 4.69) is 5.10 Å². The van der Waals surface area contributed by atoms with Gasteiger partial charge in [0.15, 0.2) is 0 Å². The third-order valence-corrected chi connectivity index (χ3v) is 4.41. The van der Waals surface area contributed by atoms with Gasteiger partial charge >= 0.3 is 0 Å². The molecule has 114 valence electrons. The number of rotatable bonds is 3. The van der Waals surface area contributed by atoms with E-state index in [1.54, 1.807) is 17.1 Å². The van der Waals surface area contributed by atoms with Crippen LogP contribution in [0.3, 0.4) is 0 Å². The SMILES string of the molecule is Cn1cc(C(=O)N2CCCC(CN3CCCC3=O)C2)cn1. The second kappa shape index (κ2) is 5.87. The smallest absolute Gasteiger partial charge is 0.257 e. The number of aryl methyl sites for hydroxylation is 1. The van der Waals surface area contributed by atoms with Crippen molar-refractivity contribution in [2.75, 3.05) is 26.2 Å². The number of nitrogens with zero attached hydrogens (tertiary/aromatic N) is 4. The van der Waals surface area contributed by atoms with Crippen LogP contribution in [0.25, 0.3) is 0 Å². The molecule has 3 rings (SSSR count). The van der Waals surface area contributed by atoms with Crippen LogP contribution in [0.15, 0.2) is 12.4 Å². The summed E-state index contributed by atoms with van der Waals surface area (Å²) in [5, 5.41) is 4.06. The quantitative estimate of drug-likeness (QED) is 0.831. The summed E-state index contributed by atoms with van der Waals surface area (Å²) in [7, 11) is 1.81. The molecule has 2 amide bonds. The lowest BCUT2D eigenvalue weighted by Gasteiger charge is -2.34. The lowest BCUT2D eigenvalue weighted by atomic mass is 9.97. The lowest BCUT2D eigenvalue weighted by Crippen LogP contribution is -2.44. The molecular weight excluding hydrogens is 268 g/mol. The van der Waals surface area contributed by atoms with E-state index in [1.165, 1.54) is 0 Å². The van der Waals surface area contributed by atoms with Crippen LogP contribution in [0.4, 0.5) is 0 Å². The molecule has 1 aromatic rings. The number of carbonyl (C=O) groups is 2. The fourth-order valence-corrected chi connectivity index (χ4v) is 3.32. The van der Waals surface area contributed by atoms with Crippen LogP contribution in [0.5, 0.6) is 0 Å². The Bertz CT molecular complexity index is 540. The van der Waals surface area contributed by atoms with Gasteiger partial charge in [-0.3, -0.25) is 14.3 Å². The van der Waals surface area contributed by atoms with Crippen LogP contribution >= 0.6 is 0 Å². The van der Waals surface area contributed by atoms with Gasteiger partial charge in [0.1, 0.15) is 0 Å². The van der Waals surface area contributed by atoms with Crippen LogP contribution in [0, 0.1) is 5.92 Å². The summed E-state index contributed by atoms with van der Waals surface area (Å²) in [5.41, 5.74) is 0.649. The molecule has 6 heteroatoms. The van der Waals surface area contributed by atoms with Crippen molar-refractivity contribution in [1.29, 1.82) is 0 Å². The molecule has 0 radical (unpaired) electrons. The van der Waals surface area contributed by atoms with E-state index in [1.807, 2.05) is 16.8 Å². The molecule has 0 aliphatic carbocycles. The van der Waals surface area contributed by atoms with Gasteiger partial charge in [0, 0.05) is 45.8 Å². The van der Waals surface area contributed by atoms with Gasteiger partial charge in [0.05, 0.1) is 11.8 Å². The molecule has 21 heavy (non-hydrogen) atoms. The lowest BCUT2D eigenvalue weighted by molar-refractivity contribution is -0.128. The van der Waals surface area contributed by atoms with E-state index < -0.39 is 0 Å². The minimum atomic E-state index is 0.0561. The number of likely N-dealkylation sites (tertiary alicyclic amines) is 2. The molecule has 2 aliphatic rings. The van der Waals surface area contributed by atoms with Crippen LogP contribution in [-0.4, -0.2) is 57.6 Å². The highest BCUT2D eigenvalue weighted by atomic mass is 16.2. The molecule has 0 N–H and O–H groups in total. The molecule has 1 unspecified atom stereocenters. The van der Waals surface area contributed by atoms with Gasteiger partial charge in [0.2, 0.25) is 5.91 Å². The average Bonchev–Trinajstić information content (AvgIpc) is 3.08. The molecule has 3 heterocycles. The number of aromatic nitrogens is 2. The molecule has 2 saturated heterocycles. The highest BCUT2D eigenvalue weighted by Crippen LogP contribution is 2.21. The van der Waals surface area contributed by atoms with Gasteiger partial charge in [-0.25, -0.2) is 0 Å². The van der Waals surface area contributed by atoms with E-state index in [4.69, 9.17) is 0 Å². The second-order valence-electron chi connectivity index (χ2n) is 6.11. The Morgan fingerprint density at radius 1 is 1.38 bits per heavy atom. The molecule has 0 bridgehead atoms. The zero-order valence-corrected chi connectivity index (χ0v) is 12.5. The largest absolute Gasteiger partial charge is 0.342 e. The summed E-state index contributed by atoms with van der Waals surface area (Å²) in [6.45, 7) is 3.23. The summed E-state index contributed by atoms with van der Waals surface area (Å²) in [6, 6.07) is 0. The summed E-state index contributed by atoms with van der Waals surface area (Å²) >= 11 is 0. The van der Waals surface area contributed by atoms with Gasteiger partial charge in [-0.05, 0) is 25.2 Å². The number of amides is 2. The first-order valence-electron chi connectivity index (χ1n) is 7.69. The van der Waals surface area contributed by atoms with E-state index in [-0.39, 0.29) is 11.8 Å². The predicted octanol–water partition coefficient (Wildman–Crippen LogP) is 0.895. The van der Waals surface area contributed by atoms with Crippen molar-refractivity contribution in [2.45, 2.75) is 25.7 Å². The van der Waals surface area contributed by atoms with E-state index in [0.29, 0.717) is 17.9 Å². The molecule has 0 saturated carbocycles. The first kappa shape index (κ1) is 14.1. The Hall–Kier alpha value is -1.85. The highest BCUT2D eigenvalue weighted by Gasteiger charge is 2.29. The van der Waals surface area contributed by atoms with Gasteiger partial charge in [-0.1, -0.05) is 0 Å². The maximum absolute atomic E-state index is 12.5. The summed E-state index contributed by atoms with van der Waals surface area (Å²) in [5.74, 6) is 0.729. The summed E-state index contributed by atoms with van der Waals surface area (Å²) in [6.07, 6.45) is 7.15. The third-order valence-electron chi connectivity index (χ3n) is 4.41. The normalized spacial score (nSPS) is 22.9. The molecule has 2 fully saturated rings. The Morgan fingerprint density at radius 3 is 2.90 bits per heavy atom. The first-order chi connectivity index (χ1) is 10.1. The zero-order chi connectivity index (χ0) is 14.8. The molecule has 1 aromatic heterocycles. The Labute approximate surface area is 124 Å². The van der Waals surface area contributed by atoms with Crippen molar-refractivity contribution in [3.8, 4) is 0 Å². The standard InChI is InChI=1S/C15H22N4O2/c1-17-11-13(8-16-17)15(21)19-7-2-4-12(10-19)9-18-6-3-5-14(18)20/h8,11-12H,2-7,9-10H2,1H3. The van der Waals surface area contributed by atoms with E-state index in [9.17, 15) is 9.59 Å². The molecule has 6 nitrogen and oxygen atoms in total. The second-order valence-corrected chi connectivity index (χ2v) is 6.11. The summed E-state index contributed by atoms with van der Waals surface area (Å²) in [4.78, 5) is 28.0. The van der Waals surface area contributed by atoms with Crippen LogP contribution < -0.4 is 0 Å². The minimum Gasteiger partial charge on any atom is -0.342 e. The Balaban J connectivity index is 1.60. The van der Waals surface area contributed by atoms with Crippen LogP contribution in [0.1, 0.15) is 36.0 Å². The maximum Gasteiger partial charge on any atom is 0.257 e. The fraction of sp³-hybridized carbons (Fsp3) is 0.667. The van der Waals surface area contributed by atoms with Gasteiger partial charge < -0.3 is 9.80 Å². The third kappa shape index (κ3) is 3.09.